The molecule has 0 unspecified atom stereocenters. The van der Waals surface area contributed by atoms with Gasteiger partial charge in [0.05, 0.1) is 11.1 Å². The van der Waals surface area contributed by atoms with E-state index in [2.05, 4.69) is 16.0 Å². The summed E-state index contributed by atoms with van der Waals surface area (Å²) in [6.45, 7) is 1.66. The Kier molecular flexibility index (Phi) is 3.76. The minimum Gasteiger partial charge on any atom is -0.295 e. The number of pyridine rings is 1. The molecule has 0 amide bonds. The molecule has 0 spiro atoms. The van der Waals surface area contributed by atoms with Crippen molar-refractivity contribution in [3.05, 3.63) is 29.0 Å². The Hall–Kier alpha value is -1.11. The van der Waals surface area contributed by atoms with E-state index in [9.17, 15) is 0 Å². The van der Waals surface area contributed by atoms with E-state index in [1.165, 1.54) is 12.8 Å². The molecular formula is C12H14ClN3. The number of hydrogen-bond donors (Lipinski definition) is 0. The van der Waals surface area contributed by atoms with Crippen molar-refractivity contribution in [2.24, 2.45) is 0 Å². The Bertz CT molecular complexity index is 395. The average molecular weight is 236 g/mol. The van der Waals surface area contributed by atoms with Crippen LogP contribution >= 0.6 is 11.6 Å². The highest BCUT2D eigenvalue weighted by atomic mass is 35.5. The van der Waals surface area contributed by atoms with Crippen LogP contribution in [0.1, 0.15) is 24.8 Å². The summed E-state index contributed by atoms with van der Waals surface area (Å²) in [4.78, 5) is 6.31. The summed E-state index contributed by atoms with van der Waals surface area (Å²) >= 11 is 6.07. The predicted molar refractivity (Wildman–Crippen MR) is 62.9 cm³/mol. The Morgan fingerprint density at radius 1 is 1.56 bits per heavy atom. The van der Waals surface area contributed by atoms with Crippen molar-refractivity contribution in [2.45, 2.75) is 31.8 Å². The fourth-order valence-electron chi connectivity index (χ4n) is 1.78. The molecule has 1 saturated carbocycles. The first-order valence-electron chi connectivity index (χ1n) is 5.50. The first-order chi connectivity index (χ1) is 7.81. The van der Waals surface area contributed by atoms with E-state index in [4.69, 9.17) is 16.9 Å². The number of nitrogens with zero attached hydrogens (tertiary/aromatic N) is 3. The highest BCUT2D eigenvalue weighted by Gasteiger charge is 2.28. The average Bonchev–Trinajstić information content (AvgIpc) is 3.10. The predicted octanol–water partition coefficient (Wildman–Crippen LogP) is 2.61. The zero-order valence-corrected chi connectivity index (χ0v) is 9.82. The van der Waals surface area contributed by atoms with Gasteiger partial charge in [-0.25, -0.2) is 0 Å². The van der Waals surface area contributed by atoms with Gasteiger partial charge in [-0.3, -0.25) is 9.88 Å². The van der Waals surface area contributed by atoms with Crippen LogP contribution < -0.4 is 0 Å². The third-order valence-electron chi connectivity index (χ3n) is 2.80. The van der Waals surface area contributed by atoms with Crippen LogP contribution in [-0.2, 0) is 6.54 Å². The second kappa shape index (κ2) is 5.29. The van der Waals surface area contributed by atoms with Crippen LogP contribution in [0.25, 0.3) is 0 Å². The molecule has 4 heteroatoms. The molecule has 3 nitrogen and oxygen atoms in total. The molecule has 1 heterocycles. The lowest BCUT2D eigenvalue weighted by atomic mass is 10.2. The maximum atomic E-state index is 8.63. The number of aromatic nitrogens is 1. The van der Waals surface area contributed by atoms with Crippen molar-refractivity contribution in [3.63, 3.8) is 0 Å². The third kappa shape index (κ3) is 2.94. The first-order valence-corrected chi connectivity index (χ1v) is 5.88. The maximum absolute atomic E-state index is 8.63. The van der Waals surface area contributed by atoms with Gasteiger partial charge in [-0.2, -0.15) is 5.26 Å². The fraction of sp³-hybridized carbons (Fsp3) is 0.500. The largest absolute Gasteiger partial charge is 0.295 e. The van der Waals surface area contributed by atoms with Gasteiger partial charge in [0.1, 0.15) is 0 Å². The van der Waals surface area contributed by atoms with Gasteiger partial charge in [0.2, 0.25) is 0 Å². The molecular weight excluding hydrogens is 222 g/mol. The van der Waals surface area contributed by atoms with Gasteiger partial charge >= 0.3 is 0 Å². The standard InChI is InChI=1S/C12H14ClN3/c13-12-8-15-6-4-10(12)9-16(7-1-5-14)11-2-3-11/h4,6,8,11H,1-3,7,9H2. The van der Waals surface area contributed by atoms with Gasteiger partial charge in [-0.1, -0.05) is 11.6 Å². The van der Waals surface area contributed by atoms with Gasteiger partial charge in [0.25, 0.3) is 0 Å². The van der Waals surface area contributed by atoms with Gasteiger partial charge in [-0.05, 0) is 24.5 Å². The van der Waals surface area contributed by atoms with Crippen molar-refractivity contribution >= 4 is 11.6 Å². The van der Waals surface area contributed by atoms with E-state index in [-0.39, 0.29) is 0 Å². The molecule has 0 aromatic carbocycles. The van der Waals surface area contributed by atoms with Crippen molar-refractivity contribution in [1.82, 2.24) is 9.88 Å². The molecule has 1 aromatic rings. The zero-order chi connectivity index (χ0) is 11.4. The second-order valence-electron chi connectivity index (χ2n) is 4.08. The summed E-state index contributed by atoms with van der Waals surface area (Å²) in [6.07, 6.45) is 6.50. The van der Waals surface area contributed by atoms with Crippen LogP contribution in [0.2, 0.25) is 5.02 Å². The van der Waals surface area contributed by atoms with E-state index < -0.39 is 0 Å². The monoisotopic (exact) mass is 235 g/mol. The number of halogens is 1. The lowest BCUT2D eigenvalue weighted by Gasteiger charge is -2.21. The molecule has 16 heavy (non-hydrogen) atoms. The molecule has 1 aliphatic carbocycles. The van der Waals surface area contributed by atoms with E-state index in [1.807, 2.05) is 6.07 Å². The van der Waals surface area contributed by atoms with Crippen LogP contribution in [0, 0.1) is 11.3 Å². The Morgan fingerprint density at radius 2 is 2.38 bits per heavy atom. The van der Waals surface area contributed by atoms with Crippen LogP contribution in [0.4, 0.5) is 0 Å². The van der Waals surface area contributed by atoms with E-state index >= 15 is 0 Å². The molecule has 0 N–H and O–H groups in total. The smallest absolute Gasteiger partial charge is 0.0635 e. The Labute approximate surface area is 101 Å². The first kappa shape index (κ1) is 11.4. The summed E-state index contributed by atoms with van der Waals surface area (Å²) in [5.74, 6) is 0. The Morgan fingerprint density at radius 3 is 3.00 bits per heavy atom. The van der Waals surface area contributed by atoms with Crippen LogP contribution in [-0.4, -0.2) is 22.5 Å². The topological polar surface area (TPSA) is 39.9 Å². The zero-order valence-electron chi connectivity index (χ0n) is 9.06. The lowest BCUT2D eigenvalue weighted by molar-refractivity contribution is 0.261. The van der Waals surface area contributed by atoms with E-state index in [0.29, 0.717) is 17.5 Å². The minimum absolute atomic E-state index is 0.583. The van der Waals surface area contributed by atoms with Crippen molar-refractivity contribution in [2.75, 3.05) is 6.54 Å². The molecule has 0 atom stereocenters. The van der Waals surface area contributed by atoms with Crippen molar-refractivity contribution in [3.8, 4) is 6.07 Å². The van der Waals surface area contributed by atoms with Gasteiger partial charge in [0.15, 0.2) is 0 Å². The second-order valence-corrected chi connectivity index (χ2v) is 4.48. The van der Waals surface area contributed by atoms with E-state index in [1.54, 1.807) is 12.4 Å². The number of nitriles is 1. The number of rotatable bonds is 5. The van der Waals surface area contributed by atoms with Gasteiger partial charge < -0.3 is 0 Å². The van der Waals surface area contributed by atoms with Crippen LogP contribution in [0.3, 0.4) is 0 Å². The Balaban J connectivity index is 2.00. The van der Waals surface area contributed by atoms with Crippen molar-refractivity contribution in [1.29, 1.82) is 5.26 Å². The molecule has 0 radical (unpaired) electrons. The normalized spacial score (nSPS) is 15.1. The van der Waals surface area contributed by atoms with E-state index in [0.717, 1.165) is 18.7 Å². The third-order valence-corrected chi connectivity index (χ3v) is 3.14. The molecule has 1 aromatic heterocycles. The van der Waals surface area contributed by atoms with Gasteiger partial charge in [0, 0.05) is 37.9 Å². The SMILES string of the molecule is N#CCCN(Cc1ccncc1Cl)C1CC1. The molecule has 0 saturated heterocycles. The summed E-state index contributed by atoms with van der Waals surface area (Å²) in [6, 6.07) is 4.79. The molecule has 1 fully saturated rings. The summed E-state index contributed by atoms with van der Waals surface area (Å²) < 4.78 is 0. The summed E-state index contributed by atoms with van der Waals surface area (Å²) in [7, 11) is 0. The molecule has 0 aliphatic heterocycles. The molecule has 1 aliphatic rings. The molecule has 84 valence electrons. The quantitative estimate of drug-likeness (QED) is 0.788. The molecule has 0 bridgehead atoms. The minimum atomic E-state index is 0.583. The number of hydrogen-bond acceptors (Lipinski definition) is 3. The van der Waals surface area contributed by atoms with Crippen molar-refractivity contribution < 1.29 is 0 Å². The highest BCUT2D eigenvalue weighted by molar-refractivity contribution is 6.31. The maximum Gasteiger partial charge on any atom is 0.0635 e. The summed E-state index contributed by atoms with van der Waals surface area (Å²) in [5.41, 5.74) is 1.10. The highest BCUT2D eigenvalue weighted by Crippen LogP contribution is 2.29. The summed E-state index contributed by atoms with van der Waals surface area (Å²) in [5, 5.41) is 9.34. The van der Waals surface area contributed by atoms with Crippen LogP contribution in [0.5, 0.6) is 0 Å². The lowest BCUT2D eigenvalue weighted by Crippen LogP contribution is -2.26. The fourth-order valence-corrected chi connectivity index (χ4v) is 1.95. The van der Waals surface area contributed by atoms with Gasteiger partial charge in [-0.15, -0.1) is 0 Å². The molecule has 2 rings (SSSR count). The van der Waals surface area contributed by atoms with Crippen LogP contribution in [0.15, 0.2) is 18.5 Å².